The van der Waals surface area contributed by atoms with Crippen molar-refractivity contribution in [1.82, 2.24) is 9.13 Å². The summed E-state index contributed by atoms with van der Waals surface area (Å²) in [5, 5.41) is 4.99. The van der Waals surface area contributed by atoms with Crippen molar-refractivity contribution in [2.75, 3.05) is 0 Å². The van der Waals surface area contributed by atoms with Crippen LogP contribution in [0, 0.1) is 0 Å². The van der Waals surface area contributed by atoms with E-state index >= 15 is 0 Å². The van der Waals surface area contributed by atoms with Crippen LogP contribution in [0.3, 0.4) is 0 Å². The number of aromatic nitrogens is 2. The number of allylic oxidation sites excluding steroid dienone is 1. The number of hydrogen-bond donors (Lipinski definition) is 0. The van der Waals surface area contributed by atoms with Crippen LogP contribution >= 0.6 is 0 Å². The van der Waals surface area contributed by atoms with Gasteiger partial charge in [0.2, 0.25) is 0 Å². The number of fused-ring (bicyclic) bond motifs is 6. The Kier molecular flexibility index (Phi) is 6.63. The van der Waals surface area contributed by atoms with Crippen molar-refractivity contribution >= 4 is 55.1 Å². The average Bonchev–Trinajstić information content (AvgIpc) is 3.71. The topological polar surface area (TPSA) is 22.2 Å². The van der Waals surface area contributed by atoms with Gasteiger partial charge >= 0.3 is 0 Å². The van der Waals surface area contributed by atoms with Gasteiger partial charge in [-0.05, 0) is 95.3 Å². The van der Waals surface area contributed by atoms with Gasteiger partial charge in [0.1, 0.15) is 5.82 Å². The van der Waals surface area contributed by atoms with Gasteiger partial charge in [0, 0.05) is 27.2 Å². The Labute approximate surface area is 290 Å². The smallest absolute Gasteiger partial charge is 0.133 e. The molecular formula is C47H33N3. The lowest BCUT2D eigenvalue weighted by molar-refractivity contribution is 1.02. The van der Waals surface area contributed by atoms with E-state index in [0.29, 0.717) is 0 Å². The average molecular weight is 640 g/mol. The molecule has 0 atom stereocenters. The number of nitrogens with zero attached hydrogens (tertiary/aromatic N) is 3. The van der Waals surface area contributed by atoms with Gasteiger partial charge in [-0.2, -0.15) is 0 Å². The Balaban J connectivity index is 1.09. The lowest BCUT2D eigenvalue weighted by Gasteiger charge is -2.16. The van der Waals surface area contributed by atoms with Crippen LogP contribution in [0.5, 0.6) is 0 Å². The van der Waals surface area contributed by atoms with Crippen LogP contribution in [0.1, 0.15) is 18.4 Å². The molecule has 0 bridgehead atoms. The number of benzene rings is 7. The molecular weight excluding hydrogens is 607 g/mol. The summed E-state index contributed by atoms with van der Waals surface area (Å²) in [6, 6.07) is 61.4. The standard InChI is InChI=1S/C47H33N3/c1-3-12-32(13-4-1)33-22-26-37(27-23-33)49-43-19-9-7-16-38(43)40-30-35(24-28-45(40)49)36-25-29-46-41(31-36)39-17-8-10-20-44(39)50(46)47-21-11-18-42(48-47)34-14-5-2-6-15-34/h1-10,12-17,19-31H,11,18H2. The summed E-state index contributed by atoms with van der Waals surface area (Å²) in [5.74, 6) is 1.00. The Bertz CT molecular complexity index is 2780. The zero-order chi connectivity index (χ0) is 33.0. The van der Waals surface area contributed by atoms with E-state index in [9.17, 15) is 0 Å². The molecule has 0 unspecified atom stereocenters. The second-order valence-electron chi connectivity index (χ2n) is 13.1. The molecule has 0 saturated heterocycles. The van der Waals surface area contributed by atoms with E-state index in [1.165, 1.54) is 71.4 Å². The van der Waals surface area contributed by atoms with Gasteiger partial charge in [0.05, 0.1) is 27.8 Å². The molecule has 3 heteroatoms. The first kappa shape index (κ1) is 28.6. The number of aliphatic imine (C=N–C) groups is 1. The van der Waals surface area contributed by atoms with Gasteiger partial charge in [-0.25, -0.2) is 4.99 Å². The van der Waals surface area contributed by atoms with Gasteiger partial charge in [-0.3, -0.25) is 4.57 Å². The van der Waals surface area contributed by atoms with Crippen molar-refractivity contribution in [3.8, 4) is 27.9 Å². The van der Waals surface area contributed by atoms with Gasteiger partial charge in [0.25, 0.3) is 0 Å². The molecule has 3 heterocycles. The predicted molar refractivity (Wildman–Crippen MR) is 211 cm³/mol. The maximum Gasteiger partial charge on any atom is 0.133 e. The van der Waals surface area contributed by atoms with Crippen LogP contribution in [0.4, 0.5) is 0 Å². The Morgan fingerprint density at radius 2 is 0.860 bits per heavy atom. The van der Waals surface area contributed by atoms with E-state index in [1.807, 2.05) is 0 Å². The molecule has 0 N–H and O–H groups in total. The van der Waals surface area contributed by atoms with Crippen LogP contribution in [-0.4, -0.2) is 14.8 Å². The van der Waals surface area contributed by atoms with Gasteiger partial charge in [0.15, 0.2) is 0 Å². The molecule has 10 rings (SSSR count). The largest absolute Gasteiger partial charge is 0.309 e. The number of para-hydroxylation sites is 2. The minimum Gasteiger partial charge on any atom is -0.309 e. The fraction of sp³-hybridized carbons (Fsp3) is 0.0426. The summed E-state index contributed by atoms with van der Waals surface area (Å²) in [6.07, 6.45) is 4.21. The monoisotopic (exact) mass is 639 g/mol. The molecule has 0 fully saturated rings. The summed E-state index contributed by atoms with van der Waals surface area (Å²) in [7, 11) is 0. The molecule has 7 aromatic carbocycles. The maximum absolute atomic E-state index is 5.22. The molecule has 0 saturated carbocycles. The molecule has 0 aliphatic carbocycles. The van der Waals surface area contributed by atoms with Gasteiger partial charge in [-0.1, -0.05) is 121 Å². The van der Waals surface area contributed by atoms with Crippen molar-refractivity contribution in [2.24, 2.45) is 4.99 Å². The van der Waals surface area contributed by atoms with Crippen LogP contribution < -0.4 is 0 Å². The summed E-state index contributed by atoms with van der Waals surface area (Å²) in [6.45, 7) is 0. The first-order chi connectivity index (χ1) is 24.8. The Morgan fingerprint density at radius 3 is 1.50 bits per heavy atom. The van der Waals surface area contributed by atoms with E-state index < -0.39 is 0 Å². The van der Waals surface area contributed by atoms with E-state index in [-0.39, 0.29) is 0 Å². The molecule has 9 aromatic rings. The van der Waals surface area contributed by atoms with Crippen LogP contribution in [0.2, 0.25) is 0 Å². The lowest BCUT2D eigenvalue weighted by atomic mass is 10.0. The number of rotatable bonds is 5. The summed E-state index contributed by atoms with van der Waals surface area (Å²) in [4.78, 5) is 5.22. The van der Waals surface area contributed by atoms with Crippen molar-refractivity contribution in [3.05, 3.63) is 181 Å². The lowest BCUT2D eigenvalue weighted by Crippen LogP contribution is -2.08. The molecule has 3 nitrogen and oxygen atoms in total. The van der Waals surface area contributed by atoms with E-state index in [1.54, 1.807) is 0 Å². The van der Waals surface area contributed by atoms with E-state index in [4.69, 9.17) is 4.99 Å². The zero-order valence-corrected chi connectivity index (χ0v) is 27.5. The highest BCUT2D eigenvalue weighted by Crippen LogP contribution is 2.39. The van der Waals surface area contributed by atoms with Crippen LogP contribution in [-0.2, 0) is 0 Å². The zero-order valence-electron chi connectivity index (χ0n) is 27.5. The van der Waals surface area contributed by atoms with Gasteiger partial charge in [-0.15, -0.1) is 0 Å². The second kappa shape index (κ2) is 11.6. The minimum absolute atomic E-state index is 0.951. The predicted octanol–water partition coefficient (Wildman–Crippen LogP) is 12.3. The highest BCUT2D eigenvalue weighted by Gasteiger charge is 2.18. The highest BCUT2D eigenvalue weighted by molar-refractivity contribution is 6.13. The minimum atomic E-state index is 0.951. The highest BCUT2D eigenvalue weighted by atomic mass is 15.1. The third kappa shape index (κ3) is 4.62. The van der Waals surface area contributed by atoms with Crippen LogP contribution in [0.25, 0.3) is 77.4 Å². The Morgan fingerprint density at radius 1 is 0.380 bits per heavy atom. The summed E-state index contributed by atoms with van der Waals surface area (Å²) in [5.41, 5.74) is 13.1. The number of hydrogen-bond acceptors (Lipinski definition) is 1. The molecule has 2 aromatic heterocycles. The van der Waals surface area contributed by atoms with Gasteiger partial charge < -0.3 is 4.57 Å². The molecule has 0 amide bonds. The fourth-order valence-corrected chi connectivity index (χ4v) is 7.82. The summed E-state index contributed by atoms with van der Waals surface area (Å²) >= 11 is 0. The molecule has 1 aliphatic rings. The second-order valence-corrected chi connectivity index (χ2v) is 13.1. The van der Waals surface area contributed by atoms with E-state index in [0.717, 1.165) is 30.1 Å². The summed E-state index contributed by atoms with van der Waals surface area (Å²) < 4.78 is 4.73. The first-order valence-electron chi connectivity index (χ1n) is 17.4. The van der Waals surface area contributed by atoms with Crippen molar-refractivity contribution in [2.45, 2.75) is 12.8 Å². The fourth-order valence-electron chi connectivity index (χ4n) is 7.82. The molecule has 236 valence electrons. The van der Waals surface area contributed by atoms with Crippen molar-refractivity contribution < 1.29 is 0 Å². The Hall–Kier alpha value is -6.45. The molecule has 0 spiro atoms. The third-order valence-electron chi connectivity index (χ3n) is 10.2. The molecule has 50 heavy (non-hydrogen) atoms. The SMILES string of the molecule is C1=C(n2c3ccccc3c3cc(-c4ccc5c(c4)c4ccccc4n5-c4ccc(-c5ccccc5)cc4)ccc32)N=C(c2ccccc2)CC1. The normalized spacial score (nSPS) is 13.3. The van der Waals surface area contributed by atoms with Crippen molar-refractivity contribution in [3.63, 3.8) is 0 Å². The third-order valence-corrected chi connectivity index (χ3v) is 10.2. The van der Waals surface area contributed by atoms with E-state index in [2.05, 4.69) is 185 Å². The van der Waals surface area contributed by atoms with Crippen molar-refractivity contribution in [1.29, 1.82) is 0 Å². The molecule has 1 aliphatic heterocycles. The van der Waals surface area contributed by atoms with Crippen LogP contribution in [0.15, 0.2) is 181 Å². The first-order valence-corrected chi connectivity index (χ1v) is 17.4. The quantitative estimate of drug-likeness (QED) is 0.179. The maximum atomic E-state index is 5.22. The molecule has 0 radical (unpaired) electrons.